The van der Waals surface area contributed by atoms with E-state index < -0.39 is 0 Å². The van der Waals surface area contributed by atoms with E-state index >= 15 is 0 Å². The lowest BCUT2D eigenvalue weighted by atomic mass is 10.2. The zero-order chi connectivity index (χ0) is 13.1. The van der Waals surface area contributed by atoms with Gasteiger partial charge in [-0.2, -0.15) is 0 Å². The van der Waals surface area contributed by atoms with E-state index in [0.29, 0.717) is 12.6 Å². The molecular formula is C14H18N2OS. The maximum atomic E-state index is 12.1. The van der Waals surface area contributed by atoms with Crippen molar-refractivity contribution in [2.75, 3.05) is 18.5 Å². The van der Waals surface area contributed by atoms with Crippen molar-refractivity contribution in [3.8, 4) is 0 Å². The van der Waals surface area contributed by atoms with Gasteiger partial charge in [-0.1, -0.05) is 32.0 Å². The Labute approximate surface area is 111 Å². The van der Waals surface area contributed by atoms with Crippen molar-refractivity contribution in [1.82, 2.24) is 5.32 Å². The van der Waals surface area contributed by atoms with E-state index in [1.807, 2.05) is 38.4 Å². The first kappa shape index (κ1) is 13.1. The molecule has 0 radical (unpaired) electrons. The van der Waals surface area contributed by atoms with Crippen LogP contribution in [0, 0.1) is 0 Å². The fourth-order valence-electron chi connectivity index (χ4n) is 1.77. The van der Waals surface area contributed by atoms with Crippen LogP contribution in [0.15, 0.2) is 29.6 Å². The lowest BCUT2D eigenvalue weighted by molar-refractivity contribution is -0.117. The number of likely N-dealkylation sites (N-methyl/N-ethyl adjacent to an activating group) is 1. The molecule has 0 aliphatic carbocycles. The number of carbonyl (C=O) groups excluding carboxylic acids is 1. The molecule has 1 N–H and O–H groups in total. The smallest absolute Gasteiger partial charge is 0.240 e. The second-order valence-corrected chi connectivity index (χ2v) is 5.52. The van der Waals surface area contributed by atoms with Gasteiger partial charge in [-0.3, -0.25) is 4.79 Å². The summed E-state index contributed by atoms with van der Waals surface area (Å²) in [6, 6.07) is 8.48. The minimum atomic E-state index is 0.0900. The Hall–Kier alpha value is -1.39. The maximum absolute atomic E-state index is 12.1. The van der Waals surface area contributed by atoms with Crippen LogP contribution in [-0.2, 0) is 4.79 Å². The highest BCUT2D eigenvalue weighted by Crippen LogP contribution is 2.32. The van der Waals surface area contributed by atoms with Gasteiger partial charge in [0.05, 0.1) is 12.2 Å². The molecule has 2 aromatic rings. The monoisotopic (exact) mass is 262 g/mol. The number of nitrogens with one attached hydrogen (secondary N) is 1. The molecule has 96 valence electrons. The standard InChI is InChI=1S/C14H18N2OS/c1-10(2)15-8-14(17)16(3)12-9-18-13-7-5-4-6-11(12)13/h4-7,9-10,15H,8H2,1-3H3. The lowest BCUT2D eigenvalue weighted by Crippen LogP contribution is -2.38. The number of anilines is 1. The van der Waals surface area contributed by atoms with E-state index in [9.17, 15) is 4.79 Å². The molecule has 0 aliphatic rings. The number of amides is 1. The number of hydrogen-bond acceptors (Lipinski definition) is 3. The third-order valence-electron chi connectivity index (χ3n) is 2.86. The van der Waals surface area contributed by atoms with E-state index in [-0.39, 0.29) is 5.91 Å². The van der Waals surface area contributed by atoms with Crippen molar-refractivity contribution in [3.63, 3.8) is 0 Å². The number of carbonyl (C=O) groups is 1. The number of thiophene rings is 1. The summed E-state index contributed by atoms with van der Waals surface area (Å²) in [5, 5.41) is 6.33. The molecule has 0 aliphatic heterocycles. The van der Waals surface area contributed by atoms with Gasteiger partial charge in [-0.25, -0.2) is 0 Å². The largest absolute Gasteiger partial charge is 0.313 e. The van der Waals surface area contributed by atoms with Crippen LogP contribution in [0.5, 0.6) is 0 Å². The van der Waals surface area contributed by atoms with Crippen LogP contribution >= 0.6 is 11.3 Å². The topological polar surface area (TPSA) is 32.3 Å². The normalized spacial score (nSPS) is 11.1. The Kier molecular flexibility index (Phi) is 3.99. The third-order valence-corrected chi connectivity index (χ3v) is 3.81. The summed E-state index contributed by atoms with van der Waals surface area (Å²) in [5.41, 5.74) is 0.992. The molecule has 3 nitrogen and oxygen atoms in total. The lowest BCUT2D eigenvalue weighted by Gasteiger charge is -2.17. The summed E-state index contributed by atoms with van der Waals surface area (Å²) >= 11 is 1.67. The molecule has 1 aromatic carbocycles. The molecule has 1 amide bonds. The van der Waals surface area contributed by atoms with Crippen LogP contribution in [0.1, 0.15) is 13.8 Å². The second kappa shape index (κ2) is 5.50. The van der Waals surface area contributed by atoms with Crippen molar-refractivity contribution >= 4 is 33.0 Å². The van der Waals surface area contributed by atoms with E-state index in [2.05, 4.69) is 17.4 Å². The Bertz CT molecular complexity index is 547. The van der Waals surface area contributed by atoms with Gasteiger partial charge in [-0.15, -0.1) is 11.3 Å². The zero-order valence-corrected chi connectivity index (χ0v) is 11.8. The maximum Gasteiger partial charge on any atom is 0.240 e. The van der Waals surface area contributed by atoms with Crippen molar-refractivity contribution in [2.24, 2.45) is 0 Å². The van der Waals surface area contributed by atoms with Gasteiger partial charge in [-0.05, 0) is 6.07 Å². The highest BCUT2D eigenvalue weighted by Gasteiger charge is 2.14. The van der Waals surface area contributed by atoms with Crippen molar-refractivity contribution in [2.45, 2.75) is 19.9 Å². The Balaban J connectivity index is 2.18. The molecule has 0 bridgehead atoms. The molecule has 0 saturated carbocycles. The zero-order valence-electron chi connectivity index (χ0n) is 10.9. The fraction of sp³-hybridized carbons (Fsp3) is 0.357. The number of nitrogens with zero attached hydrogens (tertiary/aromatic N) is 1. The Morgan fingerprint density at radius 1 is 1.39 bits per heavy atom. The number of fused-ring (bicyclic) bond motifs is 1. The summed E-state index contributed by atoms with van der Waals surface area (Å²) < 4.78 is 1.21. The molecular weight excluding hydrogens is 244 g/mol. The first-order valence-electron chi connectivity index (χ1n) is 6.05. The summed E-state index contributed by atoms with van der Waals surface area (Å²) in [5.74, 6) is 0.0900. The van der Waals surface area contributed by atoms with Gasteiger partial charge in [0, 0.05) is 28.6 Å². The van der Waals surface area contributed by atoms with E-state index in [0.717, 1.165) is 11.1 Å². The molecule has 1 aromatic heterocycles. The van der Waals surface area contributed by atoms with Crippen molar-refractivity contribution in [1.29, 1.82) is 0 Å². The Morgan fingerprint density at radius 2 is 2.11 bits per heavy atom. The molecule has 1 heterocycles. The van der Waals surface area contributed by atoms with Crippen LogP contribution in [0.3, 0.4) is 0 Å². The minimum Gasteiger partial charge on any atom is -0.313 e. The van der Waals surface area contributed by atoms with E-state index in [4.69, 9.17) is 0 Å². The minimum absolute atomic E-state index is 0.0900. The van der Waals surface area contributed by atoms with Gasteiger partial charge < -0.3 is 10.2 Å². The summed E-state index contributed by atoms with van der Waals surface area (Å²) in [7, 11) is 1.83. The highest BCUT2D eigenvalue weighted by atomic mass is 32.1. The highest BCUT2D eigenvalue weighted by molar-refractivity contribution is 7.17. The van der Waals surface area contributed by atoms with Crippen molar-refractivity contribution < 1.29 is 4.79 Å². The first-order valence-corrected chi connectivity index (χ1v) is 6.93. The third kappa shape index (κ3) is 2.71. The van der Waals surface area contributed by atoms with Crippen LogP contribution in [0.4, 0.5) is 5.69 Å². The molecule has 4 heteroatoms. The molecule has 0 atom stereocenters. The summed E-state index contributed by atoms with van der Waals surface area (Å²) in [6.07, 6.45) is 0. The van der Waals surface area contributed by atoms with E-state index in [1.54, 1.807) is 16.2 Å². The molecule has 0 spiro atoms. The van der Waals surface area contributed by atoms with Crippen LogP contribution in [0.2, 0.25) is 0 Å². The van der Waals surface area contributed by atoms with Crippen LogP contribution in [0.25, 0.3) is 10.1 Å². The number of benzene rings is 1. The van der Waals surface area contributed by atoms with Gasteiger partial charge >= 0.3 is 0 Å². The molecule has 0 unspecified atom stereocenters. The number of hydrogen-bond donors (Lipinski definition) is 1. The average Bonchev–Trinajstić information content (AvgIpc) is 2.78. The number of rotatable bonds is 4. The van der Waals surface area contributed by atoms with Crippen molar-refractivity contribution in [3.05, 3.63) is 29.6 Å². The predicted molar refractivity (Wildman–Crippen MR) is 78.4 cm³/mol. The summed E-state index contributed by atoms with van der Waals surface area (Å²) in [4.78, 5) is 13.8. The fourth-order valence-corrected chi connectivity index (χ4v) is 2.75. The molecule has 18 heavy (non-hydrogen) atoms. The van der Waals surface area contributed by atoms with E-state index in [1.165, 1.54) is 4.70 Å². The molecule has 0 fully saturated rings. The quantitative estimate of drug-likeness (QED) is 0.919. The Morgan fingerprint density at radius 3 is 2.83 bits per heavy atom. The average molecular weight is 262 g/mol. The summed E-state index contributed by atoms with van der Waals surface area (Å²) in [6.45, 7) is 4.44. The van der Waals surface area contributed by atoms with Crippen LogP contribution < -0.4 is 10.2 Å². The molecule has 0 saturated heterocycles. The van der Waals surface area contributed by atoms with Gasteiger partial charge in [0.2, 0.25) is 5.91 Å². The second-order valence-electron chi connectivity index (χ2n) is 4.61. The van der Waals surface area contributed by atoms with Gasteiger partial charge in [0.15, 0.2) is 0 Å². The van der Waals surface area contributed by atoms with Crippen LogP contribution in [-0.4, -0.2) is 25.5 Å². The predicted octanol–water partition coefficient (Wildman–Crippen LogP) is 2.86. The van der Waals surface area contributed by atoms with Gasteiger partial charge in [0.25, 0.3) is 0 Å². The SMILES string of the molecule is CC(C)NCC(=O)N(C)c1csc2ccccc12. The molecule has 2 rings (SSSR count). The van der Waals surface area contributed by atoms with Gasteiger partial charge in [0.1, 0.15) is 0 Å². The first-order chi connectivity index (χ1) is 8.59.